The van der Waals surface area contributed by atoms with Crippen molar-refractivity contribution in [2.45, 2.75) is 59.7 Å². The molecule has 0 spiro atoms. The Kier molecular flexibility index (Phi) is 3.77. The van der Waals surface area contributed by atoms with Crippen molar-refractivity contribution in [3.8, 4) is 0 Å². The maximum Gasteiger partial charge on any atom is 0.240 e. The fourth-order valence-corrected chi connectivity index (χ4v) is 1.95. The molecule has 1 aliphatic heterocycles. The Hall–Kier alpha value is -0.570. The van der Waals surface area contributed by atoms with Gasteiger partial charge in [0, 0.05) is 6.54 Å². The first-order valence-corrected chi connectivity index (χ1v) is 5.98. The van der Waals surface area contributed by atoms with Gasteiger partial charge in [-0.05, 0) is 25.2 Å². The van der Waals surface area contributed by atoms with Crippen molar-refractivity contribution in [2.75, 3.05) is 6.54 Å². The summed E-state index contributed by atoms with van der Waals surface area (Å²) in [6, 6.07) is -0.0115. The van der Waals surface area contributed by atoms with Crippen molar-refractivity contribution < 1.29 is 4.79 Å². The Balaban J connectivity index is 2.70. The van der Waals surface area contributed by atoms with Gasteiger partial charge in [0.15, 0.2) is 0 Å². The van der Waals surface area contributed by atoms with E-state index < -0.39 is 0 Å². The Labute approximate surface area is 93.2 Å². The summed E-state index contributed by atoms with van der Waals surface area (Å²) < 4.78 is 0. The first-order chi connectivity index (χ1) is 6.91. The molecule has 2 unspecified atom stereocenters. The standard InChI is InChI=1S/C12H24N2O/c1-6-10-13-9(3)11(15)14(10)8-12(4,5)7-2/h9-10,13H,6-8H2,1-5H3. The van der Waals surface area contributed by atoms with Gasteiger partial charge in [0.05, 0.1) is 12.2 Å². The van der Waals surface area contributed by atoms with Crippen LogP contribution in [0.2, 0.25) is 0 Å². The number of nitrogens with zero attached hydrogens (tertiary/aromatic N) is 1. The summed E-state index contributed by atoms with van der Waals surface area (Å²) in [5.74, 6) is 0.253. The highest BCUT2D eigenvalue weighted by molar-refractivity contribution is 5.83. The lowest BCUT2D eigenvalue weighted by molar-refractivity contribution is -0.131. The molecule has 0 radical (unpaired) electrons. The van der Waals surface area contributed by atoms with Crippen LogP contribution in [0.4, 0.5) is 0 Å². The van der Waals surface area contributed by atoms with Crippen LogP contribution in [0.5, 0.6) is 0 Å². The first kappa shape index (κ1) is 12.5. The molecule has 0 aromatic rings. The molecule has 3 heteroatoms. The van der Waals surface area contributed by atoms with Gasteiger partial charge in [0.1, 0.15) is 0 Å². The van der Waals surface area contributed by atoms with E-state index in [0.717, 1.165) is 19.4 Å². The van der Waals surface area contributed by atoms with Crippen LogP contribution >= 0.6 is 0 Å². The topological polar surface area (TPSA) is 32.3 Å². The molecule has 1 heterocycles. The predicted octanol–water partition coefficient (Wildman–Crippen LogP) is 1.98. The van der Waals surface area contributed by atoms with Crippen LogP contribution in [0.25, 0.3) is 0 Å². The summed E-state index contributed by atoms with van der Waals surface area (Å²) in [6.07, 6.45) is 2.32. The summed E-state index contributed by atoms with van der Waals surface area (Å²) in [4.78, 5) is 13.9. The fraction of sp³-hybridized carbons (Fsp3) is 0.917. The average Bonchev–Trinajstić information content (AvgIpc) is 2.45. The summed E-state index contributed by atoms with van der Waals surface area (Å²) in [6.45, 7) is 11.5. The number of rotatable bonds is 4. The van der Waals surface area contributed by atoms with E-state index in [0.29, 0.717) is 0 Å². The summed E-state index contributed by atoms with van der Waals surface area (Å²) >= 11 is 0. The number of carbonyl (C=O) groups excluding carboxylic acids is 1. The lowest BCUT2D eigenvalue weighted by atomic mass is 9.89. The van der Waals surface area contributed by atoms with E-state index in [1.807, 2.05) is 11.8 Å². The van der Waals surface area contributed by atoms with E-state index in [9.17, 15) is 4.79 Å². The largest absolute Gasteiger partial charge is 0.325 e. The molecule has 2 atom stereocenters. The molecule has 0 aromatic heterocycles. The predicted molar refractivity (Wildman–Crippen MR) is 62.5 cm³/mol. The van der Waals surface area contributed by atoms with Crippen molar-refractivity contribution in [1.29, 1.82) is 0 Å². The van der Waals surface area contributed by atoms with E-state index in [1.54, 1.807) is 0 Å². The van der Waals surface area contributed by atoms with Gasteiger partial charge in [0.25, 0.3) is 0 Å². The number of nitrogens with one attached hydrogen (secondary N) is 1. The second kappa shape index (κ2) is 4.52. The number of carbonyl (C=O) groups is 1. The molecule has 1 saturated heterocycles. The van der Waals surface area contributed by atoms with Crippen LogP contribution in [-0.4, -0.2) is 29.6 Å². The molecule has 15 heavy (non-hydrogen) atoms. The maximum atomic E-state index is 11.9. The molecule has 0 aromatic carbocycles. The quantitative estimate of drug-likeness (QED) is 0.773. The number of amides is 1. The van der Waals surface area contributed by atoms with Crippen LogP contribution in [0.1, 0.15) is 47.5 Å². The smallest absolute Gasteiger partial charge is 0.240 e. The summed E-state index contributed by atoms with van der Waals surface area (Å²) in [7, 11) is 0. The van der Waals surface area contributed by atoms with Crippen LogP contribution < -0.4 is 5.32 Å². The van der Waals surface area contributed by atoms with E-state index in [-0.39, 0.29) is 23.5 Å². The minimum absolute atomic E-state index is 0.0115. The van der Waals surface area contributed by atoms with Gasteiger partial charge in [-0.1, -0.05) is 27.7 Å². The molecule has 0 saturated carbocycles. The maximum absolute atomic E-state index is 11.9. The van der Waals surface area contributed by atoms with Crippen molar-refractivity contribution in [3.05, 3.63) is 0 Å². The zero-order valence-corrected chi connectivity index (χ0v) is 10.6. The monoisotopic (exact) mass is 212 g/mol. The lowest BCUT2D eigenvalue weighted by Crippen LogP contribution is -2.42. The minimum Gasteiger partial charge on any atom is -0.325 e. The molecule has 3 nitrogen and oxygen atoms in total. The lowest BCUT2D eigenvalue weighted by Gasteiger charge is -2.32. The third kappa shape index (κ3) is 2.71. The zero-order chi connectivity index (χ0) is 11.6. The highest BCUT2D eigenvalue weighted by atomic mass is 16.2. The highest BCUT2D eigenvalue weighted by Gasteiger charge is 2.37. The average molecular weight is 212 g/mol. The van der Waals surface area contributed by atoms with Crippen molar-refractivity contribution >= 4 is 5.91 Å². The Morgan fingerprint density at radius 3 is 2.47 bits per heavy atom. The first-order valence-electron chi connectivity index (χ1n) is 5.98. The zero-order valence-electron chi connectivity index (χ0n) is 10.6. The Bertz CT molecular complexity index is 238. The van der Waals surface area contributed by atoms with Crippen LogP contribution in [0, 0.1) is 5.41 Å². The molecule has 0 aliphatic carbocycles. The number of hydrogen-bond acceptors (Lipinski definition) is 2. The summed E-state index contributed by atoms with van der Waals surface area (Å²) in [5, 5.41) is 3.33. The van der Waals surface area contributed by atoms with E-state index in [2.05, 4.69) is 33.0 Å². The van der Waals surface area contributed by atoms with Gasteiger partial charge in [-0.25, -0.2) is 0 Å². The van der Waals surface area contributed by atoms with Gasteiger partial charge in [-0.2, -0.15) is 0 Å². The van der Waals surface area contributed by atoms with E-state index in [4.69, 9.17) is 0 Å². The van der Waals surface area contributed by atoms with Crippen molar-refractivity contribution in [2.24, 2.45) is 5.41 Å². The van der Waals surface area contributed by atoms with E-state index >= 15 is 0 Å². The fourth-order valence-electron chi connectivity index (χ4n) is 1.95. The van der Waals surface area contributed by atoms with E-state index in [1.165, 1.54) is 0 Å². The normalized spacial score (nSPS) is 27.5. The third-order valence-electron chi connectivity index (χ3n) is 3.41. The van der Waals surface area contributed by atoms with Gasteiger partial charge in [-0.3, -0.25) is 10.1 Å². The van der Waals surface area contributed by atoms with Gasteiger partial charge < -0.3 is 4.90 Å². The van der Waals surface area contributed by atoms with Gasteiger partial charge >= 0.3 is 0 Å². The minimum atomic E-state index is -0.0115. The molecule has 1 amide bonds. The van der Waals surface area contributed by atoms with Crippen LogP contribution in [0.3, 0.4) is 0 Å². The SMILES string of the molecule is CCC1NC(C)C(=O)N1CC(C)(C)CC. The molecule has 1 aliphatic rings. The van der Waals surface area contributed by atoms with Crippen LogP contribution in [0.15, 0.2) is 0 Å². The molecule has 1 N–H and O–H groups in total. The second-order valence-electron chi connectivity index (χ2n) is 5.30. The van der Waals surface area contributed by atoms with Crippen molar-refractivity contribution in [3.63, 3.8) is 0 Å². The molecular formula is C12H24N2O. The van der Waals surface area contributed by atoms with Gasteiger partial charge in [0.2, 0.25) is 5.91 Å². The number of hydrogen-bond donors (Lipinski definition) is 1. The Morgan fingerprint density at radius 1 is 1.40 bits per heavy atom. The molecule has 88 valence electrons. The van der Waals surface area contributed by atoms with Crippen molar-refractivity contribution in [1.82, 2.24) is 10.2 Å². The summed E-state index contributed by atoms with van der Waals surface area (Å²) in [5.41, 5.74) is 0.217. The van der Waals surface area contributed by atoms with Crippen LogP contribution in [-0.2, 0) is 4.79 Å². The third-order valence-corrected chi connectivity index (χ3v) is 3.41. The molecule has 1 fully saturated rings. The molecule has 1 rings (SSSR count). The second-order valence-corrected chi connectivity index (χ2v) is 5.30. The van der Waals surface area contributed by atoms with Gasteiger partial charge in [-0.15, -0.1) is 0 Å². The Morgan fingerprint density at radius 2 is 2.00 bits per heavy atom. The molecule has 0 bridgehead atoms. The molecular weight excluding hydrogens is 188 g/mol. The highest BCUT2D eigenvalue weighted by Crippen LogP contribution is 2.25.